The van der Waals surface area contributed by atoms with Crippen molar-refractivity contribution in [2.24, 2.45) is 0 Å². The lowest BCUT2D eigenvalue weighted by molar-refractivity contribution is 0.0115. The van der Waals surface area contributed by atoms with Crippen molar-refractivity contribution in [1.82, 2.24) is 4.90 Å². The van der Waals surface area contributed by atoms with Gasteiger partial charge in [0.15, 0.2) is 0 Å². The Morgan fingerprint density at radius 2 is 2.17 bits per heavy atom. The molecule has 100 valence electrons. The normalized spacial score (nSPS) is 18.3. The molecule has 0 saturated carbocycles. The predicted molar refractivity (Wildman–Crippen MR) is 65.5 cm³/mol. The van der Waals surface area contributed by atoms with E-state index in [4.69, 9.17) is 5.11 Å². The summed E-state index contributed by atoms with van der Waals surface area (Å²) >= 11 is 0. The van der Waals surface area contributed by atoms with Crippen LogP contribution in [0.1, 0.15) is 22.3 Å². The number of aromatic carboxylic acids is 1. The topological polar surface area (TPSA) is 40.5 Å². The molecule has 0 spiro atoms. The lowest BCUT2D eigenvalue weighted by Crippen LogP contribution is -2.24. The molecule has 0 aromatic heterocycles. The fourth-order valence-corrected chi connectivity index (χ4v) is 2.00. The highest BCUT2D eigenvalue weighted by atomic mass is 35.5. The van der Waals surface area contributed by atoms with Gasteiger partial charge in [0.2, 0.25) is 0 Å². The van der Waals surface area contributed by atoms with E-state index >= 15 is 0 Å². The molecule has 0 radical (unpaired) electrons. The van der Waals surface area contributed by atoms with E-state index in [1.54, 1.807) is 17.0 Å². The Morgan fingerprint density at radius 1 is 1.44 bits per heavy atom. The summed E-state index contributed by atoms with van der Waals surface area (Å²) in [5, 5.41) is 8.82. The smallest absolute Gasteiger partial charge is 0.335 e. The average molecular weight is 278 g/mol. The maximum atomic E-state index is 13.0. The van der Waals surface area contributed by atoms with E-state index in [0.29, 0.717) is 13.1 Å². The van der Waals surface area contributed by atoms with Gasteiger partial charge in [-0.3, -0.25) is 4.90 Å². The van der Waals surface area contributed by atoms with Crippen molar-refractivity contribution in [3.05, 3.63) is 35.4 Å². The molecule has 1 aromatic rings. The molecule has 1 fully saturated rings. The Hall–Kier alpha value is -1.20. The summed E-state index contributed by atoms with van der Waals surface area (Å²) in [6.07, 6.45) is -0.119. The van der Waals surface area contributed by atoms with E-state index in [9.17, 15) is 13.6 Å². The number of rotatable bonds is 3. The number of carbonyl (C=O) groups is 1. The third-order valence-electron chi connectivity index (χ3n) is 2.83. The first-order valence-electron chi connectivity index (χ1n) is 5.39. The summed E-state index contributed by atoms with van der Waals surface area (Å²) in [6.45, 7) is 0.477. The lowest BCUT2D eigenvalue weighted by atomic mass is 10.1. The number of likely N-dealkylation sites (tertiary alicyclic amines) is 1. The minimum absolute atomic E-state index is 0. The predicted octanol–water partition coefficient (Wildman–Crippen LogP) is 2.65. The van der Waals surface area contributed by atoms with Crippen LogP contribution in [0, 0.1) is 0 Å². The summed E-state index contributed by atoms with van der Waals surface area (Å²) in [4.78, 5) is 12.4. The van der Waals surface area contributed by atoms with Gasteiger partial charge in [-0.05, 0) is 17.7 Å². The summed E-state index contributed by atoms with van der Waals surface area (Å²) in [5.74, 6) is -3.61. The van der Waals surface area contributed by atoms with E-state index in [-0.39, 0.29) is 30.9 Å². The van der Waals surface area contributed by atoms with E-state index < -0.39 is 11.9 Å². The quantitative estimate of drug-likeness (QED) is 0.923. The van der Waals surface area contributed by atoms with Gasteiger partial charge in [-0.25, -0.2) is 13.6 Å². The van der Waals surface area contributed by atoms with Gasteiger partial charge in [0.1, 0.15) is 0 Å². The monoisotopic (exact) mass is 277 g/mol. The van der Waals surface area contributed by atoms with Crippen LogP contribution in [-0.2, 0) is 6.54 Å². The van der Waals surface area contributed by atoms with Crippen LogP contribution in [0.15, 0.2) is 24.3 Å². The van der Waals surface area contributed by atoms with Gasteiger partial charge in [-0.2, -0.15) is 0 Å². The number of alkyl halides is 2. The number of nitrogens with zero attached hydrogens (tertiary/aromatic N) is 1. The standard InChI is InChI=1S/C12H13F2NO2.ClH/c13-12(14)4-5-15(8-12)7-9-2-1-3-10(6-9)11(16)17;/h1-3,6H,4-5,7-8H2,(H,16,17);1H. The van der Waals surface area contributed by atoms with Gasteiger partial charge in [-0.15, -0.1) is 12.4 Å². The van der Waals surface area contributed by atoms with Crippen molar-refractivity contribution in [2.75, 3.05) is 13.1 Å². The van der Waals surface area contributed by atoms with E-state index in [0.717, 1.165) is 5.56 Å². The van der Waals surface area contributed by atoms with Crippen LogP contribution < -0.4 is 0 Å². The third-order valence-corrected chi connectivity index (χ3v) is 2.83. The Morgan fingerprint density at radius 3 is 2.72 bits per heavy atom. The molecule has 1 saturated heterocycles. The van der Waals surface area contributed by atoms with Crippen molar-refractivity contribution < 1.29 is 18.7 Å². The van der Waals surface area contributed by atoms with Crippen molar-refractivity contribution >= 4 is 18.4 Å². The number of carboxylic acids is 1. The summed E-state index contributed by atoms with van der Waals surface area (Å²) in [5.41, 5.74) is 0.941. The molecule has 0 bridgehead atoms. The first-order chi connectivity index (χ1) is 7.96. The summed E-state index contributed by atoms with van der Waals surface area (Å²) in [6, 6.07) is 6.40. The molecule has 0 unspecified atom stereocenters. The maximum Gasteiger partial charge on any atom is 0.335 e. The Balaban J connectivity index is 0.00000162. The van der Waals surface area contributed by atoms with Crippen LogP contribution in [0.25, 0.3) is 0 Å². The molecule has 0 amide bonds. The van der Waals surface area contributed by atoms with Gasteiger partial charge >= 0.3 is 5.97 Å². The van der Waals surface area contributed by atoms with Crippen LogP contribution in [0.2, 0.25) is 0 Å². The summed E-state index contributed by atoms with van der Waals surface area (Å²) in [7, 11) is 0. The van der Waals surface area contributed by atoms with Gasteiger partial charge in [0.25, 0.3) is 5.92 Å². The van der Waals surface area contributed by atoms with Crippen LogP contribution >= 0.6 is 12.4 Å². The van der Waals surface area contributed by atoms with Gasteiger partial charge < -0.3 is 5.11 Å². The second-order valence-electron chi connectivity index (χ2n) is 4.32. The van der Waals surface area contributed by atoms with Crippen LogP contribution in [0.5, 0.6) is 0 Å². The number of halogens is 3. The maximum absolute atomic E-state index is 13.0. The SMILES string of the molecule is Cl.O=C(O)c1cccc(CN2CCC(F)(F)C2)c1. The first kappa shape index (κ1) is 14.9. The number of hydrogen-bond donors (Lipinski definition) is 1. The van der Waals surface area contributed by atoms with Crippen molar-refractivity contribution in [3.63, 3.8) is 0 Å². The Bertz CT molecular complexity index is 440. The molecule has 0 atom stereocenters. The minimum Gasteiger partial charge on any atom is -0.478 e. The first-order valence-corrected chi connectivity index (χ1v) is 5.39. The molecule has 1 aliphatic rings. The van der Waals surface area contributed by atoms with Crippen LogP contribution in [0.3, 0.4) is 0 Å². The molecule has 1 aromatic carbocycles. The minimum atomic E-state index is -2.61. The molecule has 6 heteroatoms. The molecule has 0 aliphatic carbocycles. The molecular formula is C12H14ClF2NO2. The molecule has 18 heavy (non-hydrogen) atoms. The van der Waals surface area contributed by atoms with Crippen molar-refractivity contribution in [2.45, 2.75) is 18.9 Å². The van der Waals surface area contributed by atoms with Gasteiger partial charge in [-0.1, -0.05) is 12.1 Å². The van der Waals surface area contributed by atoms with Gasteiger partial charge in [0, 0.05) is 19.5 Å². The van der Waals surface area contributed by atoms with Gasteiger partial charge in [0.05, 0.1) is 12.1 Å². The number of benzene rings is 1. The van der Waals surface area contributed by atoms with Crippen molar-refractivity contribution in [3.8, 4) is 0 Å². The number of carboxylic acid groups (broad SMARTS) is 1. The number of hydrogen-bond acceptors (Lipinski definition) is 2. The zero-order valence-corrected chi connectivity index (χ0v) is 10.4. The average Bonchev–Trinajstić information content (AvgIpc) is 2.58. The second kappa shape index (κ2) is 5.63. The highest BCUT2D eigenvalue weighted by Gasteiger charge is 2.37. The van der Waals surface area contributed by atoms with Crippen LogP contribution in [-0.4, -0.2) is 35.0 Å². The largest absolute Gasteiger partial charge is 0.478 e. The summed E-state index contributed by atoms with van der Waals surface area (Å²) < 4.78 is 25.9. The lowest BCUT2D eigenvalue weighted by Gasteiger charge is -2.15. The Labute approximate surface area is 110 Å². The van der Waals surface area contributed by atoms with Crippen molar-refractivity contribution in [1.29, 1.82) is 0 Å². The highest BCUT2D eigenvalue weighted by molar-refractivity contribution is 5.87. The van der Waals surface area contributed by atoms with E-state index in [1.807, 2.05) is 0 Å². The zero-order chi connectivity index (χ0) is 12.5. The Kier molecular flexibility index (Phi) is 4.65. The fourth-order valence-electron chi connectivity index (χ4n) is 2.00. The van der Waals surface area contributed by atoms with Crippen LogP contribution in [0.4, 0.5) is 8.78 Å². The molecule has 1 N–H and O–H groups in total. The fraction of sp³-hybridized carbons (Fsp3) is 0.417. The highest BCUT2D eigenvalue weighted by Crippen LogP contribution is 2.27. The molecule has 2 rings (SSSR count). The zero-order valence-electron chi connectivity index (χ0n) is 9.60. The second-order valence-corrected chi connectivity index (χ2v) is 4.32. The molecular weight excluding hydrogens is 264 g/mol. The molecule has 3 nitrogen and oxygen atoms in total. The van der Waals surface area contributed by atoms with E-state index in [1.165, 1.54) is 12.1 Å². The molecule has 1 heterocycles. The molecule has 1 aliphatic heterocycles. The third kappa shape index (κ3) is 3.65. The van der Waals surface area contributed by atoms with E-state index in [2.05, 4.69) is 0 Å².